The van der Waals surface area contributed by atoms with Gasteiger partial charge in [-0.05, 0) is 64.6 Å². The van der Waals surface area contributed by atoms with E-state index in [0.29, 0.717) is 12.1 Å². The Kier molecular flexibility index (Phi) is 6.11. The number of piperidine rings is 1. The van der Waals surface area contributed by atoms with E-state index in [4.69, 9.17) is 0 Å². The highest BCUT2D eigenvalue weighted by Gasteiger charge is 2.32. The minimum absolute atomic E-state index is 0.0686. The number of aliphatic hydroxyl groups excluding tert-OH is 1. The summed E-state index contributed by atoms with van der Waals surface area (Å²) < 4.78 is 0. The molecular formula is C16H32N2O. The molecule has 2 fully saturated rings. The first-order valence-electron chi connectivity index (χ1n) is 8.38. The zero-order valence-corrected chi connectivity index (χ0v) is 12.8. The lowest BCUT2D eigenvalue weighted by atomic mass is 9.86. The third kappa shape index (κ3) is 4.17. The molecule has 3 atom stereocenters. The quantitative estimate of drug-likeness (QED) is 0.803. The maximum Gasteiger partial charge on any atom is 0.0695 e. The number of rotatable bonds is 5. The van der Waals surface area contributed by atoms with E-state index >= 15 is 0 Å². The predicted molar refractivity (Wildman–Crippen MR) is 80.3 cm³/mol. The standard InChI is InChI=1S/C16H32N2O/c1-3-10-17-13(2)14-8-11-18(12-9-14)15-6-4-5-7-16(15)19/h13-17,19H,3-12H2,1-2H3. The van der Waals surface area contributed by atoms with Gasteiger partial charge in [0.05, 0.1) is 6.10 Å². The molecule has 2 rings (SSSR count). The van der Waals surface area contributed by atoms with Crippen LogP contribution in [0.2, 0.25) is 0 Å². The smallest absolute Gasteiger partial charge is 0.0695 e. The monoisotopic (exact) mass is 268 g/mol. The molecule has 0 aromatic carbocycles. The molecule has 2 N–H and O–H groups in total. The van der Waals surface area contributed by atoms with Crippen LogP contribution < -0.4 is 5.32 Å². The van der Waals surface area contributed by atoms with E-state index in [2.05, 4.69) is 24.1 Å². The Balaban J connectivity index is 1.75. The molecule has 1 saturated carbocycles. The van der Waals surface area contributed by atoms with Crippen LogP contribution >= 0.6 is 0 Å². The van der Waals surface area contributed by atoms with Gasteiger partial charge in [0.1, 0.15) is 0 Å². The van der Waals surface area contributed by atoms with Crippen LogP contribution in [0.5, 0.6) is 0 Å². The number of aliphatic hydroxyl groups is 1. The molecule has 0 bridgehead atoms. The van der Waals surface area contributed by atoms with Gasteiger partial charge in [0.25, 0.3) is 0 Å². The number of likely N-dealkylation sites (tertiary alicyclic amines) is 1. The molecule has 19 heavy (non-hydrogen) atoms. The summed E-state index contributed by atoms with van der Waals surface area (Å²) >= 11 is 0. The van der Waals surface area contributed by atoms with E-state index < -0.39 is 0 Å². The van der Waals surface area contributed by atoms with Crippen LogP contribution in [0.15, 0.2) is 0 Å². The van der Waals surface area contributed by atoms with E-state index in [9.17, 15) is 5.11 Å². The van der Waals surface area contributed by atoms with Gasteiger partial charge in [-0.15, -0.1) is 0 Å². The van der Waals surface area contributed by atoms with Crippen molar-refractivity contribution in [1.82, 2.24) is 10.2 Å². The summed E-state index contributed by atoms with van der Waals surface area (Å²) in [7, 11) is 0. The van der Waals surface area contributed by atoms with Crippen molar-refractivity contribution in [2.24, 2.45) is 5.92 Å². The summed E-state index contributed by atoms with van der Waals surface area (Å²) in [5.74, 6) is 0.823. The molecule has 0 spiro atoms. The van der Waals surface area contributed by atoms with Crippen LogP contribution in [0.1, 0.15) is 58.8 Å². The summed E-state index contributed by atoms with van der Waals surface area (Å²) in [6.45, 7) is 8.08. The number of nitrogens with one attached hydrogen (secondary N) is 1. The minimum atomic E-state index is -0.0686. The van der Waals surface area contributed by atoms with Gasteiger partial charge in [-0.2, -0.15) is 0 Å². The van der Waals surface area contributed by atoms with Gasteiger partial charge < -0.3 is 10.4 Å². The molecule has 1 heterocycles. The SMILES string of the molecule is CCCNC(C)C1CCN(C2CCCCC2O)CC1. The molecule has 0 aromatic heterocycles. The Morgan fingerprint density at radius 2 is 1.84 bits per heavy atom. The van der Waals surface area contributed by atoms with Crippen molar-refractivity contribution in [3.63, 3.8) is 0 Å². The largest absolute Gasteiger partial charge is 0.391 e. The lowest BCUT2D eigenvalue weighted by molar-refractivity contribution is 0.00161. The first kappa shape index (κ1) is 15.3. The second-order valence-corrected chi connectivity index (χ2v) is 6.54. The fraction of sp³-hybridized carbons (Fsp3) is 1.00. The molecule has 1 aliphatic carbocycles. The van der Waals surface area contributed by atoms with Crippen LogP contribution in [0.3, 0.4) is 0 Å². The highest BCUT2D eigenvalue weighted by molar-refractivity contribution is 4.87. The van der Waals surface area contributed by atoms with E-state index in [-0.39, 0.29) is 6.10 Å². The average Bonchev–Trinajstić information content (AvgIpc) is 2.45. The normalized spacial score (nSPS) is 32.4. The van der Waals surface area contributed by atoms with Crippen molar-refractivity contribution >= 4 is 0 Å². The fourth-order valence-electron chi connectivity index (χ4n) is 3.81. The number of hydrogen-bond donors (Lipinski definition) is 2. The van der Waals surface area contributed by atoms with E-state index in [1.54, 1.807) is 0 Å². The number of hydrogen-bond acceptors (Lipinski definition) is 3. The fourth-order valence-corrected chi connectivity index (χ4v) is 3.81. The van der Waals surface area contributed by atoms with E-state index in [0.717, 1.165) is 18.9 Å². The zero-order valence-electron chi connectivity index (χ0n) is 12.8. The zero-order chi connectivity index (χ0) is 13.7. The van der Waals surface area contributed by atoms with Gasteiger partial charge in [-0.1, -0.05) is 19.8 Å². The second-order valence-electron chi connectivity index (χ2n) is 6.54. The van der Waals surface area contributed by atoms with Gasteiger partial charge in [0.15, 0.2) is 0 Å². The van der Waals surface area contributed by atoms with Crippen LogP contribution in [-0.2, 0) is 0 Å². The molecule has 1 aliphatic heterocycles. The molecule has 3 nitrogen and oxygen atoms in total. The van der Waals surface area contributed by atoms with Crippen LogP contribution in [0.4, 0.5) is 0 Å². The highest BCUT2D eigenvalue weighted by Crippen LogP contribution is 2.28. The van der Waals surface area contributed by atoms with Gasteiger partial charge in [0, 0.05) is 12.1 Å². The molecular weight excluding hydrogens is 236 g/mol. The second kappa shape index (κ2) is 7.61. The Morgan fingerprint density at radius 3 is 2.47 bits per heavy atom. The molecule has 1 saturated heterocycles. The van der Waals surface area contributed by atoms with Gasteiger partial charge in [-0.3, -0.25) is 4.90 Å². The molecule has 2 aliphatic rings. The number of nitrogens with zero attached hydrogens (tertiary/aromatic N) is 1. The van der Waals surface area contributed by atoms with Crippen LogP contribution in [0, 0.1) is 5.92 Å². The third-order valence-electron chi connectivity index (χ3n) is 5.16. The Labute approximate surface area is 118 Å². The molecule has 112 valence electrons. The van der Waals surface area contributed by atoms with Gasteiger partial charge in [0.2, 0.25) is 0 Å². The molecule has 0 radical (unpaired) electrons. The van der Waals surface area contributed by atoms with Crippen LogP contribution in [-0.4, -0.2) is 47.8 Å². The Morgan fingerprint density at radius 1 is 1.16 bits per heavy atom. The van der Waals surface area contributed by atoms with Crippen LogP contribution in [0.25, 0.3) is 0 Å². The predicted octanol–water partition coefficient (Wildman–Crippen LogP) is 2.39. The molecule has 0 amide bonds. The average molecular weight is 268 g/mol. The van der Waals surface area contributed by atoms with Crippen molar-refractivity contribution in [1.29, 1.82) is 0 Å². The highest BCUT2D eigenvalue weighted by atomic mass is 16.3. The van der Waals surface area contributed by atoms with E-state index in [1.165, 1.54) is 51.6 Å². The maximum absolute atomic E-state index is 10.2. The Hall–Kier alpha value is -0.120. The lowest BCUT2D eigenvalue weighted by Crippen LogP contribution is -2.50. The van der Waals surface area contributed by atoms with Crippen molar-refractivity contribution in [2.45, 2.75) is 77.0 Å². The molecule has 0 aromatic rings. The van der Waals surface area contributed by atoms with Crippen molar-refractivity contribution in [2.75, 3.05) is 19.6 Å². The van der Waals surface area contributed by atoms with Crippen molar-refractivity contribution in [3.05, 3.63) is 0 Å². The third-order valence-corrected chi connectivity index (χ3v) is 5.16. The first-order valence-corrected chi connectivity index (χ1v) is 8.38. The van der Waals surface area contributed by atoms with E-state index in [1.807, 2.05) is 0 Å². The molecule has 3 unspecified atom stereocenters. The molecule has 3 heteroatoms. The minimum Gasteiger partial charge on any atom is -0.391 e. The first-order chi connectivity index (χ1) is 9.22. The summed E-state index contributed by atoms with van der Waals surface area (Å²) in [6.07, 6.45) is 8.47. The van der Waals surface area contributed by atoms with Gasteiger partial charge >= 0.3 is 0 Å². The summed E-state index contributed by atoms with van der Waals surface area (Å²) in [6, 6.07) is 1.10. The summed E-state index contributed by atoms with van der Waals surface area (Å²) in [4.78, 5) is 2.56. The van der Waals surface area contributed by atoms with Crippen molar-refractivity contribution in [3.8, 4) is 0 Å². The summed E-state index contributed by atoms with van der Waals surface area (Å²) in [5.41, 5.74) is 0. The Bertz CT molecular complexity index is 251. The summed E-state index contributed by atoms with van der Waals surface area (Å²) in [5, 5.41) is 13.8. The maximum atomic E-state index is 10.2. The lowest BCUT2D eigenvalue weighted by Gasteiger charge is -2.42. The topological polar surface area (TPSA) is 35.5 Å². The van der Waals surface area contributed by atoms with Gasteiger partial charge in [-0.25, -0.2) is 0 Å². The van der Waals surface area contributed by atoms with Crippen molar-refractivity contribution < 1.29 is 5.11 Å².